The summed E-state index contributed by atoms with van der Waals surface area (Å²) < 4.78 is 21.1. The minimum Gasteiger partial charge on any atom is -0.493 e. The van der Waals surface area contributed by atoms with E-state index >= 15 is 0 Å². The minimum atomic E-state index is -0.547. The van der Waals surface area contributed by atoms with E-state index in [-0.39, 0.29) is 11.6 Å². The summed E-state index contributed by atoms with van der Waals surface area (Å²) in [5.41, 5.74) is 1.31. The van der Waals surface area contributed by atoms with Gasteiger partial charge in [-0.05, 0) is 35.9 Å². The lowest BCUT2D eigenvalue weighted by molar-refractivity contribution is -0.129. The molecule has 0 unspecified atom stereocenters. The summed E-state index contributed by atoms with van der Waals surface area (Å²) >= 11 is 0. The van der Waals surface area contributed by atoms with Crippen LogP contribution >= 0.6 is 0 Å². The monoisotopic (exact) mass is 340 g/mol. The Morgan fingerprint density at radius 1 is 1.04 bits per heavy atom. The lowest BCUT2D eigenvalue weighted by Gasteiger charge is -2.12. The van der Waals surface area contributed by atoms with Gasteiger partial charge in [0.15, 0.2) is 17.2 Å². The maximum Gasteiger partial charge on any atom is 0.363 e. The van der Waals surface area contributed by atoms with Crippen LogP contribution in [-0.4, -0.2) is 38.2 Å². The molecule has 1 aromatic heterocycles. The number of ether oxygens (including phenoxy) is 4. The van der Waals surface area contributed by atoms with Crippen LogP contribution in [-0.2, 0) is 9.53 Å². The average Bonchev–Trinajstić information content (AvgIpc) is 3.02. The molecule has 0 atom stereocenters. The van der Waals surface area contributed by atoms with Crippen molar-refractivity contribution in [3.05, 3.63) is 53.5 Å². The zero-order chi connectivity index (χ0) is 17.8. The summed E-state index contributed by atoms with van der Waals surface area (Å²) in [5, 5.41) is 0. The predicted molar refractivity (Wildman–Crippen MR) is 90.9 cm³/mol. The number of pyridine rings is 1. The van der Waals surface area contributed by atoms with Crippen LogP contribution in [0.25, 0.3) is 6.08 Å². The van der Waals surface area contributed by atoms with Crippen LogP contribution in [0.5, 0.6) is 17.2 Å². The molecular formula is C18H16N2O5. The molecule has 0 spiro atoms. The molecule has 1 aliphatic rings. The van der Waals surface area contributed by atoms with E-state index in [4.69, 9.17) is 18.9 Å². The van der Waals surface area contributed by atoms with Crippen molar-refractivity contribution in [1.82, 2.24) is 4.98 Å². The SMILES string of the molecule is COc1cc(/C=C2/N=C(c3ccccn3)OC2=O)cc(OC)c1OC. The summed E-state index contributed by atoms with van der Waals surface area (Å²) in [4.78, 5) is 20.4. The van der Waals surface area contributed by atoms with E-state index in [9.17, 15) is 4.79 Å². The fraction of sp³-hybridized carbons (Fsp3) is 0.167. The highest BCUT2D eigenvalue weighted by molar-refractivity contribution is 6.12. The third-order valence-corrected chi connectivity index (χ3v) is 3.49. The number of esters is 1. The van der Waals surface area contributed by atoms with Crippen LogP contribution in [0.1, 0.15) is 11.3 Å². The second kappa shape index (κ2) is 7.04. The first-order valence-electron chi connectivity index (χ1n) is 7.40. The number of hydrogen-bond acceptors (Lipinski definition) is 7. The molecule has 1 aromatic carbocycles. The van der Waals surface area contributed by atoms with E-state index < -0.39 is 5.97 Å². The Kier molecular flexibility index (Phi) is 4.65. The zero-order valence-corrected chi connectivity index (χ0v) is 14.0. The van der Waals surface area contributed by atoms with E-state index in [1.165, 1.54) is 21.3 Å². The van der Waals surface area contributed by atoms with Crippen LogP contribution in [0.3, 0.4) is 0 Å². The number of benzene rings is 1. The lowest BCUT2D eigenvalue weighted by Crippen LogP contribution is -2.06. The fourth-order valence-electron chi connectivity index (χ4n) is 2.35. The average molecular weight is 340 g/mol. The molecule has 0 saturated heterocycles. The van der Waals surface area contributed by atoms with Gasteiger partial charge in [0.1, 0.15) is 5.69 Å². The number of nitrogens with zero attached hydrogens (tertiary/aromatic N) is 2. The Bertz CT molecular complexity index is 834. The highest BCUT2D eigenvalue weighted by atomic mass is 16.6. The molecule has 2 aromatic rings. The molecule has 25 heavy (non-hydrogen) atoms. The molecule has 1 aliphatic heterocycles. The molecule has 7 heteroatoms. The first kappa shape index (κ1) is 16.5. The smallest absolute Gasteiger partial charge is 0.363 e. The van der Waals surface area contributed by atoms with Crippen molar-refractivity contribution in [2.24, 2.45) is 4.99 Å². The number of hydrogen-bond donors (Lipinski definition) is 0. The minimum absolute atomic E-state index is 0.162. The summed E-state index contributed by atoms with van der Waals surface area (Å²) in [6.07, 6.45) is 3.19. The van der Waals surface area contributed by atoms with Gasteiger partial charge in [-0.2, -0.15) is 0 Å². The molecule has 0 N–H and O–H groups in total. The number of cyclic esters (lactones) is 1. The molecule has 0 amide bonds. The lowest BCUT2D eigenvalue weighted by atomic mass is 10.1. The van der Waals surface area contributed by atoms with Crippen LogP contribution in [0.15, 0.2) is 47.2 Å². The molecule has 0 fully saturated rings. The van der Waals surface area contributed by atoms with Crippen LogP contribution in [0, 0.1) is 0 Å². The standard InChI is InChI=1S/C18H16N2O5/c1-22-14-9-11(10-15(23-2)16(14)24-3)8-13-18(21)25-17(20-13)12-6-4-5-7-19-12/h4-10H,1-3H3/b13-8+. The number of carbonyl (C=O) groups is 1. The normalized spacial score (nSPS) is 14.9. The molecule has 0 aliphatic carbocycles. The van der Waals surface area contributed by atoms with Crippen molar-refractivity contribution in [1.29, 1.82) is 0 Å². The van der Waals surface area contributed by atoms with Gasteiger partial charge in [-0.25, -0.2) is 9.79 Å². The van der Waals surface area contributed by atoms with E-state index in [1.807, 2.05) is 0 Å². The van der Waals surface area contributed by atoms with Gasteiger partial charge in [-0.1, -0.05) is 6.07 Å². The maximum absolute atomic E-state index is 12.1. The Hall–Kier alpha value is -3.35. The Morgan fingerprint density at radius 2 is 1.76 bits per heavy atom. The number of carbonyl (C=O) groups excluding carboxylic acids is 1. The fourth-order valence-corrected chi connectivity index (χ4v) is 2.35. The van der Waals surface area contributed by atoms with Crippen LogP contribution in [0.4, 0.5) is 0 Å². The van der Waals surface area contributed by atoms with Gasteiger partial charge in [0.05, 0.1) is 21.3 Å². The van der Waals surface area contributed by atoms with Gasteiger partial charge in [0.2, 0.25) is 11.6 Å². The highest BCUT2D eigenvalue weighted by Crippen LogP contribution is 2.39. The largest absolute Gasteiger partial charge is 0.493 e. The van der Waals surface area contributed by atoms with Gasteiger partial charge in [-0.15, -0.1) is 0 Å². The Labute approximate surface area is 144 Å². The van der Waals surface area contributed by atoms with Gasteiger partial charge in [0, 0.05) is 6.20 Å². The highest BCUT2D eigenvalue weighted by Gasteiger charge is 2.25. The van der Waals surface area contributed by atoms with Gasteiger partial charge in [-0.3, -0.25) is 4.98 Å². The topological polar surface area (TPSA) is 79.2 Å². The quantitative estimate of drug-likeness (QED) is 0.614. The van der Waals surface area contributed by atoms with Crippen LogP contribution < -0.4 is 14.2 Å². The summed E-state index contributed by atoms with van der Waals surface area (Å²) in [5.74, 6) is 1.06. The molecule has 0 bridgehead atoms. The summed E-state index contributed by atoms with van der Waals surface area (Å²) in [7, 11) is 4.57. The molecule has 128 valence electrons. The van der Waals surface area contributed by atoms with Gasteiger partial charge in [0.25, 0.3) is 0 Å². The summed E-state index contributed by atoms with van der Waals surface area (Å²) in [6, 6.07) is 8.72. The second-order valence-electron chi connectivity index (χ2n) is 5.01. The predicted octanol–water partition coefficient (Wildman–Crippen LogP) is 2.45. The van der Waals surface area contributed by atoms with E-state index in [2.05, 4.69) is 9.98 Å². The number of aliphatic imine (C=N–C) groups is 1. The van der Waals surface area contributed by atoms with E-state index in [0.717, 1.165) is 0 Å². The van der Waals surface area contributed by atoms with Gasteiger partial charge < -0.3 is 18.9 Å². The molecule has 3 rings (SSSR count). The maximum atomic E-state index is 12.1. The first-order chi connectivity index (χ1) is 12.2. The van der Waals surface area contributed by atoms with E-state index in [1.54, 1.807) is 42.6 Å². The third-order valence-electron chi connectivity index (χ3n) is 3.49. The Morgan fingerprint density at radius 3 is 2.32 bits per heavy atom. The summed E-state index contributed by atoms with van der Waals surface area (Å²) in [6.45, 7) is 0. The van der Waals surface area contributed by atoms with Crippen molar-refractivity contribution in [3.8, 4) is 17.2 Å². The number of methoxy groups -OCH3 is 3. The van der Waals surface area contributed by atoms with Gasteiger partial charge >= 0.3 is 5.97 Å². The number of aromatic nitrogens is 1. The van der Waals surface area contributed by atoms with Crippen molar-refractivity contribution in [3.63, 3.8) is 0 Å². The van der Waals surface area contributed by atoms with Crippen LogP contribution in [0.2, 0.25) is 0 Å². The third kappa shape index (κ3) is 3.30. The molecule has 0 saturated carbocycles. The van der Waals surface area contributed by atoms with Crippen molar-refractivity contribution < 1.29 is 23.7 Å². The van der Waals surface area contributed by atoms with E-state index in [0.29, 0.717) is 28.5 Å². The first-order valence-corrected chi connectivity index (χ1v) is 7.40. The van der Waals surface area contributed by atoms with Crippen molar-refractivity contribution in [2.75, 3.05) is 21.3 Å². The molecule has 0 radical (unpaired) electrons. The molecule has 2 heterocycles. The second-order valence-corrected chi connectivity index (χ2v) is 5.01. The molecular weight excluding hydrogens is 324 g/mol. The Balaban J connectivity index is 2.00. The van der Waals surface area contributed by atoms with Crippen molar-refractivity contribution in [2.45, 2.75) is 0 Å². The molecule has 7 nitrogen and oxygen atoms in total. The van der Waals surface area contributed by atoms with Crippen molar-refractivity contribution >= 4 is 17.9 Å². The number of rotatable bonds is 5. The zero-order valence-electron chi connectivity index (χ0n) is 14.0.